The second-order valence-electron chi connectivity index (χ2n) is 7.32. The van der Waals surface area contributed by atoms with Crippen LogP contribution >= 0.6 is 7.82 Å². The number of hydrogen-bond donors (Lipinski definition) is 2. The summed E-state index contributed by atoms with van der Waals surface area (Å²) in [7, 11) is -1.33. The fourth-order valence-corrected chi connectivity index (χ4v) is 3.92. The third kappa shape index (κ3) is 5.61. The fourth-order valence-electron chi connectivity index (χ4n) is 3.55. The van der Waals surface area contributed by atoms with Crippen molar-refractivity contribution in [3.8, 4) is 18.1 Å². The summed E-state index contributed by atoms with van der Waals surface area (Å²) in [4.78, 5) is 48.2. The van der Waals surface area contributed by atoms with Gasteiger partial charge < -0.3 is 19.1 Å². The first-order chi connectivity index (χ1) is 15.7. The number of hydrogen-bond acceptors (Lipinski definition) is 6. The Balaban J connectivity index is 1.98. The number of fused-ring (bicyclic) bond motifs is 1. The normalized spacial score (nSPS) is 11.6. The van der Waals surface area contributed by atoms with E-state index in [1.807, 2.05) is 24.3 Å². The molecular weight excluding hydrogens is 451 g/mol. The van der Waals surface area contributed by atoms with Crippen LogP contribution in [0, 0.1) is 12.3 Å². The van der Waals surface area contributed by atoms with Gasteiger partial charge in [-0.1, -0.05) is 18.1 Å². The van der Waals surface area contributed by atoms with E-state index in [0.717, 1.165) is 15.9 Å². The number of nitrogens with zero attached hydrogens (tertiary/aromatic N) is 4. The minimum Gasteiger partial charge on any atom is -0.497 e. The van der Waals surface area contributed by atoms with Crippen molar-refractivity contribution in [2.24, 2.45) is 7.05 Å². The summed E-state index contributed by atoms with van der Waals surface area (Å²) in [5.74, 6) is 3.65. The zero-order chi connectivity index (χ0) is 24.2. The molecule has 3 rings (SSSR count). The molecule has 33 heavy (non-hydrogen) atoms. The van der Waals surface area contributed by atoms with Gasteiger partial charge in [-0.15, -0.1) is 6.42 Å². The molecule has 0 radical (unpaired) electrons. The van der Waals surface area contributed by atoms with E-state index in [0.29, 0.717) is 18.7 Å². The van der Waals surface area contributed by atoms with Crippen molar-refractivity contribution in [1.29, 1.82) is 0 Å². The number of aromatic nitrogens is 4. The first kappa shape index (κ1) is 24.5. The van der Waals surface area contributed by atoms with Crippen LogP contribution in [-0.2, 0) is 42.1 Å². The molecule has 2 heterocycles. The van der Waals surface area contributed by atoms with Crippen LogP contribution in [0.3, 0.4) is 0 Å². The van der Waals surface area contributed by atoms with E-state index < -0.39 is 19.1 Å². The van der Waals surface area contributed by atoms with Crippen LogP contribution in [0.4, 0.5) is 0 Å². The standard InChI is InChI=1S/C21H25N4O7P/c1-4-11-25-20(26)18-19(24(21(25)27)12-6-13-32-33(28,29)30)22-17(23(18)2)10-9-15-7-5-8-16(14-15)31-3/h1,5,7-8,14H,6,9-13H2,2-3H3,(H2,28,29,30). The quantitative estimate of drug-likeness (QED) is 0.249. The van der Waals surface area contributed by atoms with Crippen molar-refractivity contribution in [1.82, 2.24) is 18.7 Å². The highest BCUT2D eigenvalue weighted by atomic mass is 31.2. The number of benzene rings is 1. The molecule has 0 saturated heterocycles. The molecule has 0 aliphatic carbocycles. The molecule has 0 fully saturated rings. The van der Waals surface area contributed by atoms with E-state index in [2.05, 4.69) is 15.4 Å². The molecular formula is C21H25N4O7P. The van der Waals surface area contributed by atoms with Crippen molar-refractivity contribution in [2.75, 3.05) is 13.7 Å². The zero-order valence-electron chi connectivity index (χ0n) is 18.3. The SMILES string of the molecule is C#CCn1c(=O)c2c(nc(CCc3cccc(OC)c3)n2C)n(CCCOP(=O)(O)O)c1=O. The van der Waals surface area contributed by atoms with Gasteiger partial charge in [0, 0.05) is 20.0 Å². The summed E-state index contributed by atoms with van der Waals surface area (Å²) in [6.45, 7) is -0.453. The molecule has 0 spiro atoms. The number of rotatable bonds is 10. The van der Waals surface area contributed by atoms with Crippen LogP contribution in [0.2, 0.25) is 0 Å². The molecule has 176 valence electrons. The molecule has 11 nitrogen and oxygen atoms in total. The molecule has 0 saturated carbocycles. The maximum atomic E-state index is 13.0. The van der Waals surface area contributed by atoms with Crippen LogP contribution in [0.5, 0.6) is 5.75 Å². The molecule has 0 bridgehead atoms. The Labute approximate surface area is 189 Å². The Hall–Kier alpha value is -3.16. The van der Waals surface area contributed by atoms with E-state index in [1.54, 1.807) is 18.7 Å². The van der Waals surface area contributed by atoms with Gasteiger partial charge in [0.25, 0.3) is 5.56 Å². The van der Waals surface area contributed by atoms with Crippen molar-refractivity contribution >= 4 is 19.0 Å². The van der Waals surface area contributed by atoms with Gasteiger partial charge in [-0.05, 0) is 30.5 Å². The monoisotopic (exact) mass is 476 g/mol. The van der Waals surface area contributed by atoms with Crippen molar-refractivity contribution in [3.63, 3.8) is 0 Å². The van der Waals surface area contributed by atoms with E-state index >= 15 is 0 Å². The zero-order valence-corrected chi connectivity index (χ0v) is 19.2. The predicted molar refractivity (Wildman–Crippen MR) is 121 cm³/mol. The molecule has 1 aromatic carbocycles. The van der Waals surface area contributed by atoms with E-state index in [9.17, 15) is 14.2 Å². The van der Waals surface area contributed by atoms with Crippen LogP contribution in [0.25, 0.3) is 11.2 Å². The first-order valence-corrected chi connectivity index (χ1v) is 11.6. The van der Waals surface area contributed by atoms with Gasteiger partial charge >= 0.3 is 13.5 Å². The summed E-state index contributed by atoms with van der Waals surface area (Å²) in [6, 6.07) is 7.61. The van der Waals surface area contributed by atoms with Crippen molar-refractivity contribution < 1.29 is 23.6 Å². The predicted octanol–water partition coefficient (Wildman–Crippen LogP) is 0.823. The van der Waals surface area contributed by atoms with Gasteiger partial charge in [-0.2, -0.15) is 0 Å². The summed E-state index contributed by atoms with van der Waals surface area (Å²) in [5, 5.41) is 0. The summed E-state index contributed by atoms with van der Waals surface area (Å²) < 4.78 is 24.5. The van der Waals surface area contributed by atoms with E-state index in [-0.39, 0.29) is 37.3 Å². The molecule has 2 N–H and O–H groups in total. The number of terminal acetylenes is 1. The van der Waals surface area contributed by atoms with Gasteiger partial charge in [-0.25, -0.2) is 18.9 Å². The smallest absolute Gasteiger partial charge is 0.469 e. The lowest BCUT2D eigenvalue weighted by molar-refractivity contribution is 0.192. The van der Waals surface area contributed by atoms with Crippen LogP contribution in [-0.4, -0.2) is 42.2 Å². The second-order valence-corrected chi connectivity index (χ2v) is 8.56. The topological polar surface area (TPSA) is 138 Å². The number of imidazole rings is 1. The molecule has 12 heteroatoms. The lowest BCUT2D eigenvalue weighted by atomic mass is 10.1. The molecule has 0 atom stereocenters. The Morgan fingerprint density at radius 1 is 1.21 bits per heavy atom. The first-order valence-electron chi connectivity index (χ1n) is 10.1. The maximum Gasteiger partial charge on any atom is 0.469 e. The van der Waals surface area contributed by atoms with Gasteiger partial charge in [0.15, 0.2) is 11.2 Å². The van der Waals surface area contributed by atoms with Gasteiger partial charge in [0.2, 0.25) is 0 Å². The third-order valence-corrected chi connectivity index (χ3v) is 5.66. The number of aryl methyl sites for hydroxylation is 4. The molecule has 0 amide bonds. The largest absolute Gasteiger partial charge is 0.497 e. The highest BCUT2D eigenvalue weighted by Crippen LogP contribution is 2.35. The number of phosphoric acid groups is 1. The third-order valence-electron chi connectivity index (χ3n) is 5.14. The molecule has 0 aliphatic rings. The van der Waals surface area contributed by atoms with E-state index in [4.69, 9.17) is 20.9 Å². The molecule has 0 aliphatic heterocycles. The Kier molecular flexibility index (Phi) is 7.56. The summed E-state index contributed by atoms with van der Waals surface area (Å²) in [5.41, 5.74) is 0.259. The Morgan fingerprint density at radius 3 is 2.64 bits per heavy atom. The molecule has 0 unspecified atom stereocenters. The van der Waals surface area contributed by atoms with Gasteiger partial charge in [0.05, 0.1) is 20.3 Å². The maximum absolute atomic E-state index is 13.0. The average molecular weight is 476 g/mol. The summed E-state index contributed by atoms with van der Waals surface area (Å²) in [6.07, 6.45) is 6.59. The number of methoxy groups -OCH3 is 1. The molecule has 3 aromatic rings. The fraction of sp³-hybridized carbons (Fsp3) is 0.381. The highest BCUT2D eigenvalue weighted by molar-refractivity contribution is 7.46. The Morgan fingerprint density at radius 2 is 1.97 bits per heavy atom. The lowest BCUT2D eigenvalue weighted by Gasteiger charge is -2.10. The average Bonchev–Trinajstić information content (AvgIpc) is 3.10. The highest BCUT2D eigenvalue weighted by Gasteiger charge is 2.20. The van der Waals surface area contributed by atoms with E-state index in [1.165, 1.54) is 4.57 Å². The molecule has 2 aromatic heterocycles. The van der Waals surface area contributed by atoms with Crippen LogP contribution < -0.4 is 16.0 Å². The minimum atomic E-state index is -4.62. The number of ether oxygens (including phenoxy) is 1. The van der Waals surface area contributed by atoms with Crippen LogP contribution in [0.1, 0.15) is 17.8 Å². The van der Waals surface area contributed by atoms with Gasteiger partial charge in [0.1, 0.15) is 11.6 Å². The minimum absolute atomic E-state index is 0.0342. The summed E-state index contributed by atoms with van der Waals surface area (Å²) >= 11 is 0. The second kappa shape index (κ2) is 10.2. The van der Waals surface area contributed by atoms with Crippen molar-refractivity contribution in [2.45, 2.75) is 32.4 Å². The van der Waals surface area contributed by atoms with Crippen LogP contribution in [0.15, 0.2) is 33.9 Å². The lowest BCUT2D eigenvalue weighted by Crippen LogP contribution is -2.40. The Bertz CT molecular complexity index is 1360. The van der Waals surface area contributed by atoms with Crippen molar-refractivity contribution in [3.05, 3.63) is 56.5 Å². The number of phosphoric ester groups is 1. The van der Waals surface area contributed by atoms with Gasteiger partial charge in [-0.3, -0.25) is 13.9 Å².